The lowest BCUT2D eigenvalue weighted by molar-refractivity contribution is -0.151. The molecule has 7 nitrogen and oxygen atoms in total. The van der Waals surface area contributed by atoms with Crippen LogP contribution in [0.4, 0.5) is 30.6 Å². The standard InChI is InChI=1S/C24H25F3N6OS/c1-14(2)17-12-33(13-17)22-10-20(28-21-8-15(3)31-32-21)29-23(30-22)35-19-6-4-16(5-7-19)9-18(34)11-24(25,26)27/h4-8,10H,9,11-13H2,1-3H3,(H2,28,29,30,31,32). The Labute approximate surface area is 205 Å². The van der Waals surface area contributed by atoms with E-state index in [4.69, 9.17) is 4.98 Å². The van der Waals surface area contributed by atoms with E-state index in [-0.39, 0.29) is 6.42 Å². The van der Waals surface area contributed by atoms with Gasteiger partial charge in [0.2, 0.25) is 0 Å². The molecule has 1 aliphatic heterocycles. The van der Waals surface area contributed by atoms with E-state index >= 15 is 0 Å². The highest BCUT2D eigenvalue weighted by molar-refractivity contribution is 7.99. The number of anilines is 3. The van der Waals surface area contributed by atoms with Gasteiger partial charge < -0.3 is 10.2 Å². The van der Waals surface area contributed by atoms with Crippen LogP contribution in [0.1, 0.15) is 31.5 Å². The number of H-pyrrole nitrogens is 1. The van der Waals surface area contributed by atoms with E-state index in [1.807, 2.05) is 19.1 Å². The Morgan fingerprint density at radius 3 is 2.43 bits per heavy atom. The summed E-state index contributed by atoms with van der Waals surface area (Å²) in [4.78, 5) is 23.9. The van der Waals surface area contributed by atoms with Gasteiger partial charge in [0.15, 0.2) is 11.0 Å². The van der Waals surface area contributed by atoms with E-state index in [0.29, 0.717) is 22.4 Å². The van der Waals surface area contributed by atoms with Gasteiger partial charge in [-0.15, -0.1) is 0 Å². The van der Waals surface area contributed by atoms with Gasteiger partial charge in [-0.3, -0.25) is 9.89 Å². The predicted molar refractivity (Wildman–Crippen MR) is 129 cm³/mol. The van der Waals surface area contributed by atoms with Crippen molar-refractivity contribution in [3.63, 3.8) is 0 Å². The van der Waals surface area contributed by atoms with Gasteiger partial charge in [0.05, 0.1) is 0 Å². The highest BCUT2D eigenvalue weighted by Crippen LogP contribution is 2.32. The zero-order valence-electron chi connectivity index (χ0n) is 19.5. The van der Waals surface area contributed by atoms with Crippen LogP contribution >= 0.6 is 11.8 Å². The number of allylic oxidation sites excluding steroid dienone is 1. The Bertz CT molecular complexity index is 1240. The summed E-state index contributed by atoms with van der Waals surface area (Å²) in [7, 11) is 0. The van der Waals surface area contributed by atoms with Crippen LogP contribution in [0.3, 0.4) is 0 Å². The minimum atomic E-state index is -4.49. The first-order valence-electron chi connectivity index (χ1n) is 11.0. The Morgan fingerprint density at radius 2 is 1.83 bits per heavy atom. The molecule has 0 bridgehead atoms. The fourth-order valence-electron chi connectivity index (χ4n) is 3.49. The maximum Gasteiger partial charge on any atom is 0.395 e. The van der Waals surface area contributed by atoms with Crippen LogP contribution in [0.25, 0.3) is 0 Å². The van der Waals surface area contributed by atoms with Gasteiger partial charge in [-0.2, -0.15) is 18.3 Å². The van der Waals surface area contributed by atoms with Gasteiger partial charge in [0, 0.05) is 42.2 Å². The molecule has 11 heteroatoms. The molecule has 1 aliphatic rings. The number of rotatable bonds is 8. The number of alkyl halides is 3. The second-order valence-electron chi connectivity index (χ2n) is 8.67. The van der Waals surface area contributed by atoms with Gasteiger partial charge in [-0.05, 0) is 55.8 Å². The number of aromatic nitrogens is 4. The normalized spacial score (nSPS) is 13.5. The molecule has 0 aliphatic carbocycles. The van der Waals surface area contributed by atoms with Crippen molar-refractivity contribution in [2.45, 2.75) is 49.8 Å². The first-order valence-corrected chi connectivity index (χ1v) is 11.8. The molecule has 0 atom stereocenters. The Hall–Kier alpha value is -3.34. The van der Waals surface area contributed by atoms with Crippen molar-refractivity contribution in [2.75, 3.05) is 23.3 Å². The molecule has 184 valence electrons. The number of benzene rings is 1. The summed E-state index contributed by atoms with van der Waals surface area (Å²) in [5.74, 6) is 1.17. The zero-order chi connectivity index (χ0) is 25.2. The number of hydrogen-bond acceptors (Lipinski definition) is 7. The van der Waals surface area contributed by atoms with Crippen LogP contribution < -0.4 is 10.2 Å². The van der Waals surface area contributed by atoms with E-state index in [1.165, 1.54) is 22.9 Å². The summed E-state index contributed by atoms with van der Waals surface area (Å²) in [6.45, 7) is 7.73. The van der Waals surface area contributed by atoms with E-state index in [0.717, 1.165) is 29.5 Å². The Kier molecular flexibility index (Phi) is 7.15. The van der Waals surface area contributed by atoms with Crippen LogP contribution in [0.15, 0.2) is 57.6 Å². The molecule has 3 aromatic rings. The molecule has 0 amide bonds. The molecule has 35 heavy (non-hydrogen) atoms. The number of ketones is 1. The molecule has 4 rings (SSSR count). The number of carbonyl (C=O) groups excluding carboxylic acids is 1. The van der Waals surface area contributed by atoms with Gasteiger partial charge >= 0.3 is 6.18 Å². The minimum absolute atomic E-state index is 0.255. The van der Waals surface area contributed by atoms with Crippen molar-refractivity contribution in [1.29, 1.82) is 0 Å². The smallest absolute Gasteiger partial charge is 0.348 e. The molecule has 0 spiro atoms. The minimum Gasteiger partial charge on any atom is -0.348 e. The zero-order valence-corrected chi connectivity index (χ0v) is 20.3. The Balaban J connectivity index is 1.50. The lowest BCUT2D eigenvalue weighted by Gasteiger charge is -2.36. The molecular formula is C24H25F3N6OS. The van der Waals surface area contributed by atoms with Gasteiger partial charge in [0.25, 0.3) is 0 Å². The van der Waals surface area contributed by atoms with Crippen molar-refractivity contribution >= 4 is 35.0 Å². The fraction of sp³-hybridized carbons (Fsp3) is 0.333. The maximum atomic E-state index is 12.4. The SMILES string of the molecule is CC(C)=C1CN(c2cc(Nc3cc(C)[nH]n3)nc(Sc3ccc(CC(=O)CC(F)(F)F)cc3)n2)C1. The number of nitrogens with one attached hydrogen (secondary N) is 2. The number of hydrogen-bond donors (Lipinski definition) is 2. The van der Waals surface area contributed by atoms with Crippen LogP contribution in [0, 0.1) is 6.92 Å². The predicted octanol–water partition coefficient (Wildman–Crippen LogP) is 5.62. The molecule has 2 aromatic heterocycles. The second-order valence-corrected chi connectivity index (χ2v) is 9.71. The topological polar surface area (TPSA) is 86.8 Å². The summed E-state index contributed by atoms with van der Waals surface area (Å²) in [6.07, 6.45) is -6.16. The summed E-state index contributed by atoms with van der Waals surface area (Å²) in [5, 5.41) is 10.8. The number of halogens is 3. The third-order valence-corrected chi connectivity index (χ3v) is 6.25. The summed E-state index contributed by atoms with van der Waals surface area (Å²) in [5.41, 5.74) is 4.14. The second kappa shape index (κ2) is 10.1. The van der Waals surface area contributed by atoms with Crippen molar-refractivity contribution < 1.29 is 18.0 Å². The van der Waals surface area contributed by atoms with Crippen molar-refractivity contribution in [3.8, 4) is 0 Å². The van der Waals surface area contributed by atoms with Crippen molar-refractivity contribution in [3.05, 3.63) is 58.8 Å². The van der Waals surface area contributed by atoms with Gasteiger partial charge in [-0.25, -0.2) is 9.97 Å². The largest absolute Gasteiger partial charge is 0.395 e. The van der Waals surface area contributed by atoms with E-state index in [1.54, 1.807) is 24.3 Å². The van der Waals surface area contributed by atoms with Gasteiger partial charge in [-0.1, -0.05) is 17.7 Å². The number of aromatic amines is 1. The van der Waals surface area contributed by atoms with Crippen LogP contribution in [0.5, 0.6) is 0 Å². The molecule has 1 fully saturated rings. The number of nitrogens with zero attached hydrogens (tertiary/aromatic N) is 4. The molecule has 3 heterocycles. The molecule has 0 saturated carbocycles. The average molecular weight is 503 g/mol. The molecule has 0 unspecified atom stereocenters. The average Bonchev–Trinajstić information content (AvgIpc) is 3.11. The van der Waals surface area contributed by atoms with Crippen molar-refractivity contribution in [2.24, 2.45) is 0 Å². The van der Waals surface area contributed by atoms with E-state index in [2.05, 4.69) is 39.2 Å². The van der Waals surface area contributed by atoms with Crippen molar-refractivity contribution in [1.82, 2.24) is 20.2 Å². The van der Waals surface area contributed by atoms with Gasteiger partial charge in [0.1, 0.15) is 23.8 Å². The monoisotopic (exact) mass is 502 g/mol. The highest BCUT2D eigenvalue weighted by Gasteiger charge is 2.30. The molecular weight excluding hydrogens is 477 g/mol. The molecule has 2 N–H and O–H groups in total. The first-order chi connectivity index (χ1) is 16.5. The summed E-state index contributed by atoms with van der Waals surface area (Å²) < 4.78 is 37.2. The molecule has 1 aromatic carbocycles. The number of aryl methyl sites for hydroxylation is 1. The third kappa shape index (κ3) is 6.84. The van der Waals surface area contributed by atoms with E-state index < -0.39 is 18.4 Å². The fourth-order valence-corrected chi connectivity index (χ4v) is 4.25. The lowest BCUT2D eigenvalue weighted by Crippen LogP contribution is -2.41. The first kappa shape index (κ1) is 24.8. The maximum absolute atomic E-state index is 12.4. The van der Waals surface area contributed by atoms with E-state index in [9.17, 15) is 18.0 Å². The Morgan fingerprint density at radius 1 is 1.11 bits per heavy atom. The lowest BCUT2D eigenvalue weighted by atomic mass is 10.0. The molecule has 1 saturated heterocycles. The highest BCUT2D eigenvalue weighted by atomic mass is 32.2. The summed E-state index contributed by atoms with van der Waals surface area (Å²) in [6, 6.07) is 10.6. The van der Waals surface area contributed by atoms with Crippen LogP contribution in [-0.2, 0) is 11.2 Å². The number of carbonyl (C=O) groups is 1. The molecule has 0 radical (unpaired) electrons. The quantitative estimate of drug-likeness (QED) is 0.305. The summed E-state index contributed by atoms with van der Waals surface area (Å²) >= 11 is 1.33. The third-order valence-electron chi connectivity index (χ3n) is 5.38. The number of Topliss-reactive ketones (excluding diaryl/α,β-unsaturated/α-hetero) is 1. The van der Waals surface area contributed by atoms with Crippen LogP contribution in [0.2, 0.25) is 0 Å². The van der Waals surface area contributed by atoms with Crippen LogP contribution in [-0.4, -0.2) is 45.2 Å².